The Hall–Kier alpha value is -3.12. The van der Waals surface area contributed by atoms with Crippen molar-refractivity contribution < 1.29 is 15.0 Å². The molecule has 1 aromatic carbocycles. The van der Waals surface area contributed by atoms with Gasteiger partial charge in [0.2, 0.25) is 11.8 Å². The zero-order valence-corrected chi connectivity index (χ0v) is 18.9. The van der Waals surface area contributed by atoms with E-state index in [1.165, 1.54) is 0 Å². The topological polar surface area (TPSA) is 138 Å². The van der Waals surface area contributed by atoms with Crippen molar-refractivity contribution in [3.05, 3.63) is 29.6 Å². The summed E-state index contributed by atoms with van der Waals surface area (Å²) in [4.78, 5) is 17.7. The highest BCUT2D eigenvalue weighted by Gasteiger charge is 2.27. The summed E-state index contributed by atoms with van der Waals surface area (Å²) in [6.45, 7) is 7.09. The molecule has 1 atom stereocenters. The van der Waals surface area contributed by atoms with Crippen LogP contribution in [0.5, 0.6) is 0 Å². The molecule has 1 saturated carbocycles. The summed E-state index contributed by atoms with van der Waals surface area (Å²) < 4.78 is 0. The van der Waals surface area contributed by atoms with E-state index < -0.39 is 5.97 Å². The van der Waals surface area contributed by atoms with Gasteiger partial charge in [-0.3, -0.25) is 4.79 Å². The first-order valence-electron chi connectivity index (χ1n) is 11.2. The van der Waals surface area contributed by atoms with Crippen LogP contribution in [-0.2, 0) is 4.79 Å². The third-order valence-electron chi connectivity index (χ3n) is 5.89. The fourth-order valence-corrected chi connectivity index (χ4v) is 4.29. The first kappa shape index (κ1) is 23.5. The van der Waals surface area contributed by atoms with Gasteiger partial charge in [0.05, 0.1) is 23.9 Å². The molecule has 9 heteroatoms. The molecule has 3 rings (SSSR count). The number of aliphatic carboxylic acids is 1. The summed E-state index contributed by atoms with van der Waals surface area (Å²) in [5.74, 6) is -0.175. The van der Waals surface area contributed by atoms with Gasteiger partial charge in [-0.2, -0.15) is 10.2 Å². The molecule has 0 amide bonds. The normalized spacial score (nSPS) is 19.4. The van der Waals surface area contributed by atoms with E-state index in [1.807, 2.05) is 31.2 Å². The van der Waals surface area contributed by atoms with Gasteiger partial charge >= 0.3 is 5.97 Å². The molecule has 1 aromatic heterocycles. The van der Waals surface area contributed by atoms with Crippen LogP contribution in [0, 0.1) is 17.2 Å². The minimum atomic E-state index is -0.842. The number of nitriles is 1. The fourth-order valence-electron chi connectivity index (χ4n) is 4.29. The van der Waals surface area contributed by atoms with E-state index >= 15 is 0 Å². The quantitative estimate of drug-likeness (QED) is 0.462. The van der Waals surface area contributed by atoms with Crippen LogP contribution < -0.4 is 10.2 Å². The largest absolute Gasteiger partial charge is 0.481 e. The number of aliphatic hydroxyl groups is 1. The average molecular weight is 441 g/mol. The van der Waals surface area contributed by atoms with E-state index in [9.17, 15) is 15.0 Å². The van der Waals surface area contributed by atoms with Crippen LogP contribution in [-0.4, -0.2) is 50.1 Å². The molecule has 0 bridgehead atoms. The van der Waals surface area contributed by atoms with Crippen LogP contribution in [0.4, 0.5) is 17.3 Å². The van der Waals surface area contributed by atoms with E-state index in [4.69, 9.17) is 5.26 Å². The fraction of sp³-hybridized carbons (Fsp3) is 0.565. The van der Waals surface area contributed by atoms with Crippen LogP contribution in [0.2, 0.25) is 0 Å². The Morgan fingerprint density at radius 3 is 2.62 bits per heavy atom. The lowest BCUT2D eigenvalue weighted by Gasteiger charge is -2.39. The van der Waals surface area contributed by atoms with Gasteiger partial charge in [0, 0.05) is 12.6 Å². The summed E-state index contributed by atoms with van der Waals surface area (Å²) >= 11 is 0. The lowest BCUT2D eigenvalue weighted by atomic mass is 9.90. The number of aromatic nitrogens is 3. The van der Waals surface area contributed by atoms with Crippen LogP contribution in [0.3, 0.4) is 0 Å². The second kappa shape index (κ2) is 10.5. The number of anilines is 3. The van der Waals surface area contributed by atoms with Crippen molar-refractivity contribution in [2.24, 2.45) is 5.92 Å². The minimum Gasteiger partial charge on any atom is -0.481 e. The molecule has 32 heavy (non-hydrogen) atoms. The standard InChI is InChI=1S/C23H32N6O3/c1-14(2)13-29(17-5-7-18(30)8-6-17)20-9-4-16(15(3)10-22(31)32)11-19(20)25-23-26-21(12-24)27-28-23/h4,9,11,14-15,17-18,30H,5-8,10,13H2,1-3H3,(H,31,32)(H2,25,26,27,28)/t15-,17?,18?/m1/s1. The number of rotatable bonds is 9. The maximum Gasteiger partial charge on any atom is 0.303 e. The van der Waals surface area contributed by atoms with Crippen LogP contribution in [0.15, 0.2) is 18.2 Å². The average Bonchev–Trinajstić information content (AvgIpc) is 3.20. The molecule has 0 spiro atoms. The van der Waals surface area contributed by atoms with Crippen LogP contribution in [0.25, 0.3) is 0 Å². The van der Waals surface area contributed by atoms with Crippen molar-refractivity contribution in [1.29, 1.82) is 5.26 Å². The van der Waals surface area contributed by atoms with Gasteiger partial charge in [0.1, 0.15) is 6.07 Å². The lowest BCUT2D eigenvalue weighted by Crippen LogP contribution is -2.41. The number of benzene rings is 1. The van der Waals surface area contributed by atoms with Gasteiger partial charge in [-0.1, -0.05) is 26.8 Å². The number of H-pyrrole nitrogens is 1. The van der Waals surface area contributed by atoms with E-state index in [2.05, 4.69) is 39.2 Å². The first-order chi connectivity index (χ1) is 15.3. The Kier molecular flexibility index (Phi) is 7.70. The SMILES string of the molecule is CC(C)CN(c1ccc([C@H](C)CC(=O)O)cc1Nc1n[nH]c(C#N)n1)C1CCC(O)CC1. The lowest BCUT2D eigenvalue weighted by molar-refractivity contribution is -0.137. The number of carboxylic acid groups (broad SMARTS) is 1. The summed E-state index contributed by atoms with van der Waals surface area (Å²) in [5, 5.41) is 38.1. The minimum absolute atomic E-state index is 0.0360. The van der Waals surface area contributed by atoms with Gasteiger partial charge < -0.3 is 20.4 Å². The van der Waals surface area contributed by atoms with Gasteiger partial charge in [0.25, 0.3) is 0 Å². The van der Waals surface area contributed by atoms with Gasteiger partial charge in [-0.25, -0.2) is 5.10 Å². The molecule has 1 aliphatic carbocycles. The molecule has 0 unspecified atom stereocenters. The first-order valence-corrected chi connectivity index (χ1v) is 11.2. The number of hydrogen-bond donors (Lipinski definition) is 4. The summed E-state index contributed by atoms with van der Waals surface area (Å²) in [6.07, 6.45) is 3.17. The van der Waals surface area contributed by atoms with E-state index in [1.54, 1.807) is 0 Å². The van der Waals surface area contributed by atoms with Gasteiger partial charge in [0.15, 0.2) is 0 Å². The Bertz CT molecular complexity index is 959. The maximum atomic E-state index is 11.2. The highest BCUT2D eigenvalue weighted by atomic mass is 16.4. The van der Waals surface area contributed by atoms with Crippen molar-refractivity contribution in [2.75, 3.05) is 16.8 Å². The Morgan fingerprint density at radius 2 is 2.03 bits per heavy atom. The molecule has 0 radical (unpaired) electrons. The monoisotopic (exact) mass is 440 g/mol. The van der Waals surface area contributed by atoms with E-state index in [0.29, 0.717) is 12.0 Å². The van der Waals surface area contributed by atoms with Crippen LogP contribution >= 0.6 is 0 Å². The molecule has 2 aromatic rings. The summed E-state index contributed by atoms with van der Waals surface area (Å²) in [5.41, 5.74) is 2.66. The smallest absolute Gasteiger partial charge is 0.303 e. The Balaban J connectivity index is 2.00. The maximum absolute atomic E-state index is 11.2. The summed E-state index contributed by atoms with van der Waals surface area (Å²) in [6, 6.07) is 8.20. The predicted molar refractivity (Wildman–Crippen MR) is 122 cm³/mol. The molecule has 9 nitrogen and oxygen atoms in total. The second-order valence-corrected chi connectivity index (χ2v) is 9.03. The van der Waals surface area contributed by atoms with Crippen molar-refractivity contribution in [2.45, 2.75) is 70.9 Å². The van der Waals surface area contributed by atoms with Gasteiger partial charge in [-0.05, 0) is 55.2 Å². The zero-order chi connectivity index (χ0) is 23.3. The second-order valence-electron chi connectivity index (χ2n) is 9.03. The summed E-state index contributed by atoms with van der Waals surface area (Å²) in [7, 11) is 0. The predicted octanol–water partition coefficient (Wildman–Crippen LogP) is 3.76. The number of carboxylic acids is 1. The Morgan fingerprint density at radius 1 is 1.31 bits per heavy atom. The number of aromatic amines is 1. The third kappa shape index (κ3) is 5.98. The Labute approximate surface area is 188 Å². The highest BCUT2D eigenvalue weighted by Crippen LogP contribution is 2.37. The highest BCUT2D eigenvalue weighted by molar-refractivity contribution is 5.75. The number of nitrogens with one attached hydrogen (secondary N) is 2. The van der Waals surface area contributed by atoms with Crippen molar-refractivity contribution >= 4 is 23.3 Å². The van der Waals surface area contributed by atoms with E-state index in [0.717, 1.165) is 49.2 Å². The number of nitrogens with zero attached hydrogens (tertiary/aromatic N) is 4. The zero-order valence-electron chi connectivity index (χ0n) is 18.9. The molecule has 1 fully saturated rings. The molecular formula is C23H32N6O3. The molecule has 1 aliphatic rings. The number of hydrogen-bond acceptors (Lipinski definition) is 7. The van der Waals surface area contributed by atoms with E-state index in [-0.39, 0.29) is 30.2 Å². The molecule has 172 valence electrons. The molecule has 4 N–H and O–H groups in total. The number of aliphatic hydroxyl groups excluding tert-OH is 1. The molecule has 0 saturated heterocycles. The number of carbonyl (C=O) groups is 1. The third-order valence-corrected chi connectivity index (χ3v) is 5.89. The molecule has 0 aliphatic heterocycles. The molecular weight excluding hydrogens is 408 g/mol. The molecule has 1 heterocycles. The van der Waals surface area contributed by atoms with Crippen LogP contribution in [0.1, 0.15) is 70.2 Å². The van der Waals surface area contributed by atoms with Crippen molar-refractivity contribution in [1.82, 2.24) is 15.2 Å². The van der Waals surface area contributed by atoms with Crippen molar-refractivity contribution in [3.63, 3.8) is 0 Å². The van der Waals surface area contributed by atoms with Crippen molar-refractivity contribution in [3.8, 4) is 6.07 Å². The van der Waals surface area contributed by atoms with Gasteiger partial charge in [-0.15, -0.1) is 5.10 Å².